The van der Waals surface area contributed by atoms with Crippen LogP contribution in [0, 0.1) is 11.8 Å². The van der Waals surface area contributed by atoms with Crippen molar-refractivity contribution in [2.45, 2.75) is 26.7 Å². The highest BCUT2D eigenvalue weighted by Gasteiger charge is 2.29. The largest absolute Gasteiger partial charge is 0.0651 e. The van der Waals surface area contributed by atoms with Crippen molar-refractivity contribution in [2.75, 3.05) is 0 Å². The maximum Gasteiger partial charge on any atom is -0.0388 e. The number of rotatable bonds is 1. The van der Waals surface area contributed by atoms with Crippen LogP contribution in [0.15, 0.2) is 0 Å². The van der Waals surface area contributed by atoms with Crippen molar-refractivity contribution in [2.24, 2.45) is 11.8 Å². The minimum atomic E-state index is 1.06. The zero-order valence-corrected chi connectivity index (χ0v) is 4.57. The average molecular weight is 84.2 g/mol. The lowest BCUT2D eigenvalue weighted by atomic mass is 10.3. The van der Waals surface area contributed by atoms with Gasteiger partial charge in [0.2, 0.25) is 0 Å². The summed E-state index contributed by atoms with van der Waals surface area (Å²) in [7, 11) is 0. The molecular formula is C6H12. The summed E-state index contributed by atoms with van der Waals surface area (Å²) < 4.78 is 0. The van der Waals surface area contributed by atoms with Gasteiger partial charge in [0.1, 0.15) is 0 Å². The quantitative estimate of drug-likeness (QED) is 0.456. The summed E-state index contributed by atoms with van der Waals surface area (Å²) in [6.45, 7) is 4.60. The first-order valence-corrected chi connectivity index (χ1v) is 2.84. The van der Waals surface area contributed by atoms with Gasteiger partial charge in [-0.3, -0.25) is 0 Å². The van der Waals surface area contributed by atoms with Crippen molar-refractivity contribution in [3.8, 4) is 0 Å². The summed E-state index contributed by atoms with van der Waals surface area (Å²) in [5.41, 5.74) is 0. The predicted octanol–water partition coefficient (Wildman–Crippen LogP) is 2.05. The molecule has 1 fully saturated rings. The van der Waals surface area contributed by atoms with Gasteiger partial charge in [0.15, 0.2) is 0 Å². The normalized spacial score (nSPS) is 43.0. The average Bonchev–Trinajstić information content (AvgIpc) is 2.19. The SMILES string of the molecule is CC[C@H]1C[C@H]1C. The molecule has 0 aliphatic heterocycles. The summed E-state index contributed by atoms with van der Waals surface area (Å²) in [5, 5.41) is 0. The molecule has 0 heteroatoms. The highest BCUT2D eigenvalue weighted by atomic mass is 14.3. The topological polar surface area (TPSA) is 0 Å². The van der Waals surface area contributed by atoms with E-state index in [-0.39, 0.29) is 0 Å². The number of hydrogen-bond acceptors (Lipinski definition) is 0. The lowest BCUT2D eigenvalue weighted by Crippen LogP contribution is -1.68. The molecule has 36 valence electrons. The van der Waals surface area contributed by atoms with Crippen LogP contribution in [-0.4, -0.2) is 0 Å². The van der Waals surface area contributed by atoms with Crippen LogP contribution in [0.4, 0.5) is 0 Å². The summed E-state index contributed by atoms with van der Waals surface area (Å²) in [4.78, 5) is 0. The van der Waals surface area contributed by atoms with Crippen molar-refractivity contribution in [1.82, 2.24) is 0 Å². The van der Waals surface area contributed by atoms with E-state index in [9.17, 15) is 0 Å². The van der Waals surface area contributed by atoms with E-state index in [1.165, 1.54) is 12.8 Å². The fourth-order valence-corrected chi connectivity index (χ4v) is 0.968. The van der Waals surface area contributed by atoms with E-state index >= 15 is 0 Å². The molecule has 0 unspecified atom stereocenters. The van der Waals surface area contributed by atoms with E-state index in [0.29, 0.717) is 0 Å². The third kappa shape index (κ3) is 0.562. The van der Waals surface area contributed by atoms with Gasteiger partial charge < -0.3 is 0 Å². The Kier molecular flexibility index (Phi) is 0.868. The van der Waals surface area contributed by atoms with Crippen molar-refractivity contribution in [3.05, 3.63) is 0 Å². The van der Waals surface area contributed by atoms with E-state index in [4.69, 9.17) is 0 Å². The van der Waals surface area contributed by atoms with Gasteiger partial charge >= 0.3 is 0 Å². The predicted molar refractivity (Wildman–Crippen MR) is 27.6 cm³/mol. The Morgan fingerprint density at radius 3 is 2.17 bits per heavy atom. The Hall–Kier alpha value is 0. The zero-order valence-electron chi connectivity index (χ0n) is 4.57. The van der Waals surface area contributed by atoms with Crippen molar-refractivity contribution in [1.29, 1.82) is 0 Å². The Morgan fingerprint density at radius 1 is 1.67 bits per heavy atom. The van der Waals surface area contributed by atoms with E-state index in [1.54, 1.807) is 0 Å². The molecule has 0 N–H and O–H groups in total. The molecule has 1 aliphatic carbocycles. The Balaban J connectivity index is 2.09. The first-order valence-electron chi connectivity index (χ1n) is 2.84. The Bertz CT molecular complexity index is 46.0. The van der Waals surface area contributed by atoms with Crippen LogP contribution in [0.5, 0.6) is 0 Å². The first kappa shape index (κ1) is 4.17. The molecule has 1 aliphatic rings. The van der Waals surface area contributed by atoms with Gasteiger partial charge in [-0.15, -0.1) is 0 Å². The van der Waals surface area contributed by atoms with Crippen LogP contribution >= 0.6 is 0 Å². The van der Waals surface area contributed by atoms with Gasteiger partial charge in [-0.25, -0.2) is 0 Å². The second-order valence-corrected chi connectivity index (χ2v) is 2.38. The smallest absolute Gasteiger partial charge is 0.0388 e. The van der Waals surface area contributed by atoms with Crippen molar-refractivity contribution >= 4 is 0 Å². The molecule has 2 atom stereocenters. The summed E-state index contributed by atoms with van der Waals surface area (Å²) in [5.74, 6) is 2.17. The summed E-state index contributed by atoms with van der Waals surface area (Å²) >= 11 is 0. The fourth-order valence-electron chi connectivity index (χ4n) is 0.968. The van der Waals surface area contributed by atoms with Gasteiger partial charge in [0.05, 0.1) is 0 Å². The van der Waals surface area contributed by atoms with Crippen LogP contribution in [0.25, 0.3) is 0 Å². The summed E-state index contributed by atoms with van der Waals surface area (Å²) in [6, 6.07) is 0. The molecule has 0 nitrogen and oxygen atoms in total. The highest BCUT2D eigenvalue weighted by molar-refractivity contribution is 4.80. The van der Waals surface area contributed by atoms with E-state index in [0.717, 1.165) is 11.8 Å². The third-order valence-electron chi connectivity index (χ3n) is 1.80. The lowest BCUT2D eigenvalue weighted by molar-refractivity contribution is 0.724. The Morgan fingerprint density at radius 2 is 2.17 bits per heavy atom. The minimum Gasteiger partial charge on any atom is -0.0651 e. The lowest BCUT2D eigenvalue weighted by Gasteiger charge is -1.79. The molecule has 1 rings (SSSR count). The third-order valence-corrected chi connectivity index (χ3v) is 1.80. The van der Waals surface area contributed by atoms with Crippen molar-refractivity contribution < 1.29 is 0 Å². The molecule has 0 radical (unpaired) electrons. The van der Waals surface area contributed by atoms with E-state index in [2.05, 4.69) is 13.8 Å². The van der Waals surface area contributed by atoms with Crippen molar-refractivity contribution in [3.63, 3.8) is 0 Å². The molecule has 0 heterocycles. The molecular weight excluding hydrogens is 72.1 g/mol. The van der Waals surface area contributed by atoms with Crippen LogP contribution < -0.4 is 0 Å². The number of hydrogen-bond donors (Lipinski definition) is 0. The van der Waals surface area contributed by atoms with Crippen LogP contribution in [0.1, 0.15) is 26.7 Å². The van der Waals surface area contributed by atoms with Gasteiger partial charge in [-0.05, 0) is 18.3 Å². The second kappa shape index (κ2) is 1.25. The standard InChI is InChI=1S/C6H12/c1-3-6-4-5(6)2/h5-6H,3-4H2,1-2H3/t5-,6+/m1/s1. The molecule has 6 heavy (non-hydrogen) atoms. The van der Waals surface area contributed by atoms with E-state index < -0.39 is 0 Å². The summed E-state index contributed by atoms with van der Waals surface area (Å²) in [6.07, 6.45) is 2.90. The molecule has 0 saturated heterocycles. The van der Waals surface area contributed by atoms with Crippen LogP contribution in [-0.2, 0) is 0 Å². The highest BCUT2D eigenvalue weighted by Crippen LogP contribution is 2.39. The zero-order chi connectivity index (χ0) is 4.57. The van der Waals surface area contributed by atoms with E-state index in [1.807, 2.05) is 0 Å². The molecule has 1 saturated carbocycles. The van der Waals surface area contributed by atoms with Gasteiger partial charge in [0.25, 0.3) is 0 Å². The van der Waals surface area contributed by atoms with Gasteiger partial charge in [-0.1, -0.05) is 20.3 Å². The fraction of sp³-hybridized carbons (Fsp3) is 1.00. The molecule has 0 spiro atoms. The maximum atomic E-state index is 2.33. The molecule has 0 bridgehead atoms. The second-order valence-electron chi connectivity index (χ2n) is 2.38. The van der Waals surface area contributed by atoms with Gasteiger partial charge in [-0.2, -0.15) is 0 Å². The molecule has 0 aromatic carbocycles. The molecule has 0 aromatic heterocycles. The molecule has 0 aromatic rings. The maximum absolute atomic E-state index is 2.33. The minimum absolute atomic E-state index is 1.06. The first-order chi connectivity index (χ1) is 2.84. The van der Waals surface area contributed by atoms with Crippen LogP contribution in [0.3, 0.4) is 0 Å². The van der Waals surface area contributed by atoms with Crippen LogP contribution in [0.2, 0.25) is 0 Å². The van der Waals surface area contributed by atoms with Gasteiger partial charge in [0, 0.05) is 0 Å². The monoisotopic (exact) mass is 84.1 g/mol. The Labute approximate surface area is 39.6 Å². The molecule has 0 amide bonds.